The Kier molecular flexibility index (Phi) is 2.70. The Morgan fingerprint density at radius 1 is 1.53 bits per heavy atom. The van der Waals surface area contributed by atoms with E-state index in [1.165, 1.54) is 0 Å². The fraction of sp³-hybridized carbons (Fsp3) is 0.417. The molecule has 2 unspecified atom stereocenters. The van der Waals surface area contributed by atoms with Crippen LogP contribution in [0.1, 0.15) is 31.7 Å². The van der Waals surface area contributed by atoms with Crippen molar-refractivity contribution in [2.75, 3.05) is 5.32 Å². The first-order valence-electron chi connectivity index (χ1n) is 5.24. The predicted octanol–water partition coefficient (Wildman–Crippen LogP) is 3.42. The Labute approximate surface area is 94.6 Å². The third kappa shape index (κ3) is 1.63. The van der Waals surface area contributed by atoms with Gasteiger partial charge >= 0.3 is 0 Å². The average molecular weight is 224 g/mol. The normalized spacial score (nSPS) is 21.0. The van der Waals surface area contributed by atoms with Gasteiger partial charge in [0.2, 0.25) is 5.91 Å². The van der Waals surface area contributed by atoms with Gasteiger partial charge in [-0.3, -0.25) is 4.79 Å². The molecule has 1 amide bonds. The van der Waals surface area contributed by atoms with E-state index in [4.69, 9.17) is 11.6 Å². The van der Waals surface area contributed by atoms with Gasteiger partial charge in [0.1, 0.15) is 0 Å². The van der Waals surface area contributed by atoms with Crippen LogP contribution in [0.2, 0.25) is 5.02 Å². The number of amides is 1. The quantitative estimate of drug-likeness (QED) is 0.818. The second-order valence-corrected chi connectivity index (χ2v) is 4.46. The minimum absolute atomic E-state index is 0.0382. The number of hydrogen-bond donors (Lipinski definition) is 1. The van der Waals surface area contributed by atoms with E-state index in [-0.39, 0.29) is 11.8 Å². The molecule has 0 radical (unpaired) electrons. The number of carbonyl (C=O) groups excluding carboxylic acids is 1. The van der Waals surface area contributed by atoms with Gasteiger partial charge in [0.05, 0.1) is 16.6 Å². The lowest BCUT2D eigenvalue weighted by Gasteiger charge is -2.15. The number of hydrogen-bond acceptors (Lipinski definition) is 1. The van der Waals surface area contributed by atoms with Gasteiger partial charge in [-0.05, 0) is 17.5 Å². The van der Waals surface area contributed by atoms with Gasteiger partial charge in [-0.1, -0.05) is 44.0 Å². The first kappa shape index (κ1) is 10.5. The van der Waals surface area contributed by atoms with Crippen molar-refractivity contribution >= 4 is 23.2 Å². The number of rotatable bonds is 2. The van der Waals surface area contributed by atoms with Gasteiger partial charge in [-0.25, -0.2) is 0 Å². The maximum Gasteiger partial charge on any atom is 0.232 e. The molecule has 1 aliphatic rings. The van der Waals surface area contributed by atoms with Gasteiger partial charge in [-0.2, -0.15) is 0 Å². The highest BCUT2D eigenvalue weighted by molar-refractivity contribution is 6.34. The van der Waals surface area contributed by atoms with Gasteiger partial charge < -0.3 is 5.32 Å². The lowest BCUT2D eigenvalue weighted by molar-refractivity contribution is -0.118. The molecule has 15 heavy (non-hydrogen) atoms. The van der Waals surface area contributed by atoms with Gasteiger partial charge in [-0.15, -0.1) is 0 Å². The molecular weight excluding hydrogens is 210 g/mol. The summed E-state index contributed by atoms with van der Waals surface area (Å²) >= 11 is 6.03. The lowest BCUT2D eigenvalue weighted by atomic mass is 9.87. The van der Waals surface area contributed by atoms with Crippen LogP contribution in [0.5, 0.6) is 0 Å². The van der Waals surface area contributed by atoms with Crippen molar-refractivity contribution in [1.29, 1.82) is 0 Å². The van der Waals surface area contributed by atoms with Gasteiger partial charge in [0.15, 0.2) is 0 Å². The number of nitrogens with one attached hydrogen (secondary N) is 1. The van der Waals surface area contributed by atoms with Crippen molar-refractivity contribution in [2.45, 2.75) is 26.2 Å². The minimum Gasteiger partial charge on any atom is -0.324 e. The zero-order valence-electron chi connectivity index (χ0n) is 8.88. The first-order chi connectivity index (χ1) is 7.15. The van der Waals surface area contributed by atoms with Crippen molar-refractivity contribution in [3.05, 3.63) is 28.8 Å². The Morgan fingerprint density at radius 2 is 2.27 bits per heavy atom. The third-order valence-electron chi connectivity index (χ3n) is 3.12. The second kappa shape index (κ2) is 3.86. The number of anilines is 1. The van der Waals surface area contributed by atoms with E-state index in [1.807, 2.05) is 12.1 Å². The Bertz CT molecular complexity index is 403. The maximum atomic E-state index is 11.8. The lowest BCUT2D eigenvalue weighted by Crippen LogP contribution is -2.18. The molecule has 1 aliphatic heterocycles. The van der Waals surface area contributed by atoms with E-state index in [9.17, 15) is 4.79 Å². The molecule has 80 valence electrons. The predicted molar refractivity (Wildman–Crippen MR) is 62.3 cm³/mol. The van der Waals surface area contributed by atoms with E-state index < -0.39 is 0 Å². The van der Waals surface area contributed by atoms with Gasteiger partial charge in [0, 0.05) is 0 Å². The number of fused-ring (bicyclic) bond motifs is 1. The monoisotopic (exact) mass is 223 g/mol. The van der Waals surface area contributed by atoms with Crippen LogP contribution in [0.25, 0.3) is 0 Å². The SMILES string of the molecule is CCC(C)C1C(=O)Nc2c(Cl)cccc21. The molecule has 3 heteroatoms. The molecule has 0 aromatic heterocycles. The highest BCUT2D eigenvalue weighted by atomic mass is 35.5. The molecule has 2 nitrogen and oxygen atoms in total. The van der Waals surface area contributed by atoms with E-state index in [0.717, 1.165) is 17.7 Å². The van der Waals surface area contributed by atoms with E-state index in [2.05, 4.69) is 19.2 Å². The summed E-state index contributed by atoms with van der Waals surface area (Å²) in [5.41, 5.74) is 1.84. The van der Waals surface area contributed by atoms with Crippen molar-refractivity contribution in [2.24, 2.45) is 5.92 Å². The summed E-state index contributed by atoms with van der Waals surface area (Å²) in [6.45, 7) is 4.20. The molecule has 2 atom stereocenters. The highest BCUT2D eigenvalue weighted by Gasteiger charge is 2.34. The fourth-order valence-electron chi connectivity index (χ4n) is 2.07. The van der Waals surface area contributed by atoms with Crippen LogP contribution in [0.3, 0.4) is 0 Å². The van der Waals surface area contributed by atoms with Crippen LogP contribution in [-0.2, 0) is 4.79 Å². The molecular formula is C12H14ClNO. The first-order valence-corrected chi connectivity index (χ1v) is 5.62. The molecule has 1 aromatic rings. The number of carbonyl (C=O) groups is 1. The van der Waals surface area contributed by atoms with E-state index >= 15 is 0 Å². The molecule has 1 heterocycles. The molecule has 0 saturated carbocycles. The number of halogens is 1. The van der Waals surface area contributed by atoms with Gasteiger partial charge in [0.25, 0.3) is 0 Å². The van der Waals surface area contributed by atoms with Crippen molar-refractivity contribution in [3.63, 3.8) is 0 Å². The Balaban J connectivity index is 2.46. The van der Waals surface area contributed by atoms with E-state index in [0.29, 0.717) is 10.9 Å². The van der Waals surface area contributed by atoms with Crippen LogP contribution in [0.4, 0.5) is 5.69 Å². The molecule has 0 fully saturated rings. The van der Waals surface area contributed by atoms with Crippen LogP contribution >= 0.6 is 11.6 Å². The summed E-state index contributed by atoms with van der Waals surface area (Å²) in [5, 5.41) is 3.49. The van der Waals surface area contributed by atoms with Crippen molar-refractivity contribution < 1.29 is 4.79 Å². The highest BCUT2D eigenvalue weighted by Crippen LogP contribution is 2.41. The fourth-order valence-corrected chi connectivity index (χ4v) is 2.30. The van der Waals surface area contributed by atoms with E-state index in [1.54, 1.807) is 6.07 Å². The minimum atomic E-state index is -0.0382. The smallest absolute Gasteiger partial charge is 0.232 e. The maximum absolute atomic E-state index is 11.8. The Morgan fingerprint density at radius 3 is 2.93 bits per heavy atom. The summed E-state index contributed by atoms with van der Waals surface area (Å²) in [4.78, 5) is 11.8. The van der Waals surface area contributed by atoms with Crippen molar-refractivity contribution in [3.8, 4) is 0 Å². The number of para-hydroxylation sites is 1. The zero-order valence-corrected chi connectivity index (χ0v) is 9.64. The summed E-state index contributed by atoms with van der Waals surface area (Å²) in [5.74, 6) is 0.390. The zero-order chi connectivity index (χ0) is 11.0. The summed E-state index contributed by atoms with van der Waals surface area (Å²) in [6.07, 6.45) is 0.990. The standard InChI is InChI=1S/C12H14ClNO/c1-3-7(2)10-8-5-4-6-9(13)11(8)14-12(10)15/h4-7,10H,3H2,1-2H3,(H,14,15). The van der Waals surface area contributed by atoms with Crippen LogP contribution in [-0.4, -0.2) is 5.91 Å². The molecule has 1 N–H and O–H groups in total. The summed E-state index contributed by atoms with van der Waals surface area (Å²) in [7, 11) is 0. The molecule has 1 aromatic carbocycles. The summed E-state index contributed by atoms with van der Waals surface area (Å²) < 4.78 is 0. The third-order valence-corrected chi connectivity index (χ3v) is 3.44. The van der Waals surface area contributed by atoms with Crippen LogP contribution in [0, 0.1) is 5.92 Å². The average Bonchev–Trinajstić information content (AvgIpc) is 2.55. The topological polar surface area (TPSA) is 29.1 Å². The summed E-state index contributed by atoms with van der Waals surface area (Å²) in [6, 6.07) is 5.69. The van der Waals surface area contributed by atoms with Crippen molar-refractivity contribution in [1.82, 2.24) is 0 Å². The second-order valence-electron chi connectivity index (χ2n) is 4.06. The molecule has 0 bridgehead atoms. The molecule has 0 aliphatic carbocycles. The molecule has 2 rings (SSSR count). The number of benzene rings is 1. The Hall–Kier alpha value is -1.02. The van der Waals surface area contributed by atoms with Crippen LogP contribution in [0.15, 0.2) is 18.2 Å². The largest absolute Gasteiger partial charge is 0.324 e. The molecule has 0 spiro atoms. The van der Waals surface area contributed by atoms with Crippen LogP contribution < -0.4 is 5.32 Å². The molecule has 0 saturated heterocycles.